The van der Waals surface area contributed by atoms with Gasteiger partial charge in [-0.1, -0.05) is 15.9 Å². The smallest absolute Gasteiger partial charge is 0.266 e. The van der Waals surface area contributed by atoms with Crippen LogP contribution >= 0.6 is 27.3 Å². The molecule has 1 heterocycles. The number of thiazole rings is 1. The second-order valence-electron chi connectivity index (χ2n) is 3.93. The summed E-state index contributed by atoms with van der Waals surface area (Å²) < 4.78 is 0. The Balaban J connectivity index is 2.94. The van der Waals surface area contributed by atoms with Crippen LogP contribution in [0.1, 0.15) is 34.2 Å². The van der Waals surface area contributed by atoms with Crippen molar-refractivity contribution in [1.82, 2.24) is 9.88 Å². The molecule has 0 atom stereocenters. The Morgan fingerprint density at radius 3 is 2.50 bits per heavy atom. The van der Waals surface area contributed by atoms with Crippen LogP contribution in [-0.2, 0) is 0 Å². The molecule has 0 bridgehead atoms. The molecule has 90 valence electrons. The molecule has 0 aromatic carbocycles. The van der Waals surface area contributed by atoms with Crippen molar-refractivity contribution in [2.24, 2.45) is 0 Å². The number of hydrogen-bond acceptors (Lipinski definition) is 3. The van der Waals surface area contributed by atoms with Crippen LogP contribution in [0.3, 0.4) is 0 Å². The highest BCUT2D eigenvalue weighted by molar-refractivity contribution is 9.09. The van der Waals surface area contributed by atoms with Crippen molar-refractivity contribution in [3.63, 3.8) is 0 Å². The minimum Gasteiger partial charge on any atom is -0.335 e. The minimum absolute atomic E-state index is 0.0950. The summed E-state index contributed by atoms with van der Waals surface area (Å²) in [7, 11) is 0. The zero-order chi connectivity index (χ0) is 12.3. The number of carbonyl (C=O) groups excluding carboxylic acids is 1. The summed E-state index contributed by atoms with van der Waals surface area (Å²) in [6.45, 7) is 8.61. The summed E-state index contributed by atoms with van der Waals surface area (Å²) in [6.07, 6.45) is 0. The molecule has 3 nitrogen and oxygen atoms in total. The van der Waals surface area contributed by atoms with Crippen LogP contribution in [0.15, 0.2) is 0 Å². The Morgan fingerprint density at radius 1 is 1.50 bits per heavy atom. The SMILES string of the molecule is Cc1nc(C)c(C(=O)N(CCBr)C(C)C)s1. The Hall–Kier alpha value is -0.420. The van der Waals surface area contributed by atoms with Gasteiger partial charge in [-0.15, -0.1) is 11.3 Å². The summed E-state index contributed by atoms with van der Waals surface area (Å²) in [5.74, 6) is 0.0950. The zero-order valence-electron chi connectivity index (χ0n) is 10.1. The van der Waals surface area contributed by atoms with Gasteiger partial charge in [-0.05, 0) is 27.7 Å². The number of rotatable bonds is 4. The largest absolute Gasteiger partial charge is 0.335 e. The molecular weight excluding hydrogens is 288 g/mol. The first-order chi connectivity index (χ1) is 7.47. The van der Waals surface area contributed by atoms with E-state index in [1.807, 2.05) is 32.6 Å². The first-order valence-electron chi connectivity index (χ1n) is 5.28. The fourth-order valence-corrected chi connectivity index (χ4v) is 2.80. The van der Waals surface area contributed by atoms with Crippen LogP contribution < -0.4 is 0 Å². The number of hydrogen-bond donors (Lipinski definition) is 0. The molecule has 0 aliphatic carbocycles. The highest BCUT2D eigenvalue weighted by Gasteiger charge is 2.22. The third kappa shape index (κ3) is 3.04. The van der Waals surface area contributed by atoms with E-state index in [0.717, 1.165) is 27.5 Å². The summed E-state index contributed by atoms with van der Waals surface area (Å²) in [5, 5.41) is 1.75. The van der Waals surface area contributed by atoms with Crippen LogP contribution in [0.5, 0.6) is 0 Å². The maximum absolute atomic E-state index is 12.3. The van der Waals surface area contributed by atoms with Gasteiger partial charge in [0.25, 0.3) is 5.91 Å². The first-order valence-corrected chi connectivity index (χ1v) is 7.22. The van der Waals surface area contributed by atoms with E-state index in [1.54, 1.807) is 0 Å². The lowest BCUT2D eigenvalue weighted by Crippen LogP contribution is -2.38. The van der Waals surface area contributed by atoms with Gasteiger partial charge < -0.3 is 4.90 Å². The van der Waals surface area contributed by atoms with E-state index in [2.05, 4.69) is 20.9 Å². The summed E-state index contributed by atoms with van der Waals surface area (Å²) in [5.41, 5.74) is 0.840. The highest BCUT2D eigenvalue weighted by atomic mass is 79.9. The summed E-state index contributed by atoms with van der Waals surface area (Å²) >= 11 is 4.85. The fraction of sp³-hybridized carbons (Fsp3) is 0.636. The second kappa shape index (κ2) is 5.77. The molecule has 0 spiro atoms. The lowest BCUT2D eigenvalue weighted by Gasteiger charge is -2.25. The molecule has 0 saturated heterocycles. The molecule has 0 N–H and O–H groups in total. The molecule has 0 fully saturated rings. The molecule has 1 rings (SSSR count). The van der Waals surface area contributed by atoms with Gasteiger partial charge in [-0.25, -0.2) is 4.98 Å². The van der Waals surface area contributed by atoms with Crippen LogP contribution in [0.25, 0.3) is 0 Å². The number of aryl methyl sites for hydroxylation is 2. The maximum atomic E-state index is 12.3. The average Bonchev–Trinajstić information content (AvgIpc) is 2.53. The number of amides is 1. The van der Waals surface area contributed by atoms with Gasteiger partial charge in [0, 0.05) is 17.9 Å². The quantitative estimate of drug-likeness (QED) is 0.801. The van der Waals surface area contributed by atoms with Crippen molar-refractivity contribution < 1.29 is 4.79 Å². The number of alkyl halides is 1. The van der Waals surface area contributed by atoms with Crippen molar-refractivity contribution >= 4 is 33.2 Å². The normalized spacial score (nSPS) is 10.9. The lowest BCUT2D eigenvalue weighted by molar-refractivity contribution is 0.0723. The van der Waals surface area contributed by atoms with Crippen LogP contribution in [-0.4, -0.2) is 33.7 Å². The highest BCUT2D eigenvalue weighted by Crippen LogP contribution is 2.20. The average molecular weight is 305 g/mol. The van der Waals surface area contributed by atoms with E-state index in [4.69, 9.17) is 0 Å². The van der Waals surface area contributed by atoms with E-state index in [-0.39, 0.29) is 11.9 Å². The summed E-state index contributed by atoms with van der Waals surface area (Å²) in [6, 6.07) is 0.215. The van der Waals surface area contributed by atoms with Crippen molar-refractivity contribution in [2.45, 2.75) is 33.7 Å². The minimum atomic E-state index is 0.0950. The van der Waals surface area contributed by atoms with Gasteiger partial charge in [-0.3, -0.25) is 4.79 Å². The molecule has 0 unspecified atom stereocenters. The molecule has 0 aliphatic rings. The van der Waals surface area contributed by atoms with Crippen molar-refractivity contribution in [3.8, 4) is 0 Å². The van der Waals surface area contributed by atoms with Crippen molar-refractivity contribution in [2.75, 3.05) is 11.9 Å². The first kappa shape index (κ1) is 13.6. The van der Waals surface area contributed by atoms with Gasteiger partial charge in [0.15, 0.2) is 0 Å². The molecule has 0 aliphatic heterocycles. The van der Waals surface area contributed by atoms with Gasteiger partial charge in [-0.2, -0.15) is 0 Å². The Kier molecular flexibility index (Phi) is 4.92. The second-order valence-corrected chi connectivity index (χ2v) is 5.92. The standard InChI is InChI=1S/C11H17BrN2OS/c1-7(2)14(6-5-12)11(15)10-8(3)13-9(4)16-10/h7H,5-6H2,1-4H3. The predicted octanol–water partition coefficient (Wildman–Crippen LogP) is 3.01. The number of halogens is 1. The van der Waals surface area contributed by atoms with Gasteiger partial charge in [0.05, 0.1) is 10.7 Å². The molecular formula is C11H17BrN2OS. The van der Waals surface area contributed by atoms with E-state index >= 15 is 0 Å². The molecule has 16 heavy (non-hydrogen) atoms. The zero-order valence-corrected chi connectivity index (χ0v) is 12.5. The Labute approximate surface area is 109 Å². The fourth-order valence-electron chi connectivity index (χ4n) is 1.55. The third-order valence-corrected chi connectivity index (χ3v) is 3.72. The van der Waals surface area contributed by atoms with E-state index < -0.39 is 0 Å². The molecule has 5 heteroatoms. The Bertz CT molecular complexity index is 376. The molecule has 1 aromatic rings. The van der Waals surface area contributed by atoms with Crippen LogP contribution in [0, 0.1) is 13.8 Å². The van der Waals surface area contributed by atoms with Gasteiger partial charge in [0.1, 0.15) is 4.88 Å². The molecule has 0 saturated carbocycles. The number of nitrogens with zero attached hydrogens (tertiary/aromatic N) is 2. The van der Waals surface area contributed by atoms with E-state index in [1.165, 1.54) is 11.3 Å². The number of aromatic nitrogens is 1. The Morgan fingerprint density at radius 2 is 2.12 bits per heavy atom. The molecule has 1 aromatic heterocycles. The topological polar surface area (TPSA) is 33.2 Å². The van der Waals surface area contributed by atoms with Crippen molar-refractivity contribution in [1.29, 1.82) is 0 Å². The van der Waals surface area contributed by atoms with Crippen molar-refractivity contribution in [3.05, 3.63) is 15.6 Å². The molecule has 0 radical (unpaired) electrons. The van der Waals surface area contributed by atoms with Gasteiger partial charge >= 0.3 is 0 Å². The van der Waals surface area contributed by atoms with Crippen LogP contribution in [0.2, 0.25) is 0 Å². The maximum Gasteiger partial charge on any atom is 0.266 e. The van der Waals surface area contributed by atoms with E-state index in [9.17, 15) is 4.79 Å². The monoisotopic (exact) mass is 304 g/mol. The van der Waals surface area contributed by atoms with Crippen LogP contribution in [0.4, 0.5) is 0 Å². The predicted molar refractivity (Wildman–Crippen MR) is 71.6 cm³/mol. The summed E-state index contributed by atoms with van der Waals surface area (Å²) in [4.78, 5) is 19.2. The molecule has 1 amide bonds. The van der Waals surface area contributed by atoms with E-state index in [0.29, 0.717) is 0 Å². The number of carbonyl (C=O) groups is 1. The van der Waals surface area contributed by atoms with Gasteiger partial charge in [0.2, 0.25) is 0 Å². The third-order valence-electron chi connectivity index (χ3n) is 2.31. The lowest BCUT2D eigenvalue weighted by atomic mass is 10.2.